The van der Waals surface area contributed by atoms with Crippen LogP contribution in [0.3, 0.4) is 0 Å². The van der Waals surface area contributed by atoms with Gasteiger partial charge in [-0.3, -0.25) is 4.90 Å². The SMILES string of the molecule is COC(=O)C1=C(C(=O)OC)N(c2cc(F)c(Br)c(C(F)(F)F)c2)C(N)=C(C#N)C1c1ccccc1. The molecule has 1 aliphatic heterocycles. The van der Waals surface area contributed by atoms with Crippen molar-refractivity contribution in [2.45, 2.75) is 12.1 Å². The molecule has 12 heteroatoms. The van der Waals surface area contributed by atoms with Crippen molar-refractivity contribution in [2.24, 2.45) is 5.73 Å². The molecule has 35 heavy (non-hydrogen) atoms. The van der Waals surface area contributed by atoms with E-state index in [9.17, 15) is 32.4 Å². The maximum absolute atomic E-state index is 14.6. The van der Waals surface area contributed by atoms with Gasteiger partial charge in [-0.05, 0) is 33.6 Å². The van der Waals surface area contributed by atoms with E-state index < -0.39 is 62.7 Å². The summed E-state index contributed by atoms with van der Waals surface area (Å²) in [6.07, 6.45) is -4.99. The first-order valence-electron chi connectivity index (χ1n) is 9.69. The van der Waals surface area contributed by atoms with Gasteiger partial charge in [-0.2, -0.15) is 18.4 Å². The Morgan fingerprint density at radius 3 is 2.23 bits per heavy atom. The summed E-state index contributed by atoms with van der Waals surface area (Å²) in [4.78, 5) is 26.5. The lowest BCUT2D eigenvalue weighted by molar-refractivity contribution is -0.139. The molecule has 1 aliphatic rings. The minimum Gasteiger partial charge on any atom is -0.466 e. The molecule has 182 valence electrons. The van der Waals surface area contributed by atoms with Crippen LogP contribution < -0.4 is 10.6 Å². The number of anilines is 1. The molecule has 0 bridgehead atoms. The van der Waals surface area contributed by atoms with Gasteiger partial charge >= 0.3 is 18.1 Å². The second-order valence-corrected chi connectivity index (χ2v) is 7.92. The number of benzene rings is 2. The van der Waals surface area contributed by atoms with Crippen LogP contribution in [0.1, 0.15) is 17.0 Å². The molecule has 7 nitrogen and oxygen atoms in total. The van der Waals surface area contributed by atoms with E-state index >= 15 is 0 Å². The Hall–Kier alpha value is -3.85. The largest absolute Gasteiger partial charge is 0.466 e. The van der Waals surface area contributed by atoms with Crippen LogP contribution in [0.2, 0.25) is 0 Å². The van der Waals surface area contributed by atoms with E-state index in [2.05, 4.69) is 15.9 Å². The Kier molecular flexibility index (Phi) is 7.21. The van der Waals surface area contributed by atoms with Crippen molar-refractivity contribution in [3.8, 4) is 6.07 Å². The average Bonchev–Trinajstić information content (AvgIpc) is 2.83. The summed E-state index contributed by atoms with van der Waals surface area (Å²) in [5, 5.41) is 9.93. The number of methoxy groups -OCH3 is 2. The standard InChI is InChI=1S/C23H16BrF4N3O4/c1-34-21(32)17-16(11-6-4-3-5-7-11)13(10-29)20(30)31(19(17)22(33)35-2)12-8-14(23(26,27)28)18(24)15(25)9-12/h3-9,16H,30H2,1-2H3. The van der Waals surface area contributed by atoms with Gasteiger partial charge in [-0.15, -0.1) is 0 Å². The monoisotopic (exact) mass is 553 g/mol. The number of ether oxygens (including phenoxy) is 2. The first-order valence-corrected chi connectivity index (χ1v) is 10.5. The second kappa shape index (κ2) is 9.79. The molecule has 0 amide bonds. The Balaban J connectivity index is 2.47. The van der Waals surface area contributed by atoms with Crippen LogP contribution in [0.25, 0.3) is 0 Å². The summed E-state index contributed by atoms with van der Waals surface area (Å²) in [5.74, 6) is -5.29. The van der Waals surface area contributed by atoms with Crippen molar-refractivity contribution in [1.82, 2.24) is 0 Å². The Labute approximate surface area is 205 Å². The third kappa shape index (κ3) is 4.59. The third-order valence-corrected chi connectivity index (χ3v) is 5.99. The number of nitrogens with two attached hydrogens (primary N) is 1. The highest BCUT2D eigenvalue weighted by molar-refractivity contribution is 9.10. The van der Waals surface area contributed by atoms with Gasteiger partial charge in [0.15, 0.2) is 0 Å². The molecule has 0 saturated heterocycles. The van der Waals surface area contributed by atoms with Crippen molar-refractivity contribution in [3.63, 3.8) is 0 Å². The summed E-state index contributed by atoms with van der Waals surface area (Å²) in [5.41, 5.74) is 3.26. The van der Waals surface area contributed by atoms with E-state index in [1.54, 1.807) is 30.3 Å². The number of carbonyl (C=O) groups excluding carboxylic acids is 2. The number of rotatable bonds is 4. The maximum atomic E-state index is 14.6. The minimum absolute atomic E-state index is 0.277. The molecular formula is C23H16BrF4N3O4. The molecule has 1 unspecified atom stereocenters. The number of nitriles is 1. The fourth-order valence-corrected chi connectivity index (χ4v) is 4.15. The summed E-state index contributed by atoms with van der Waals surface area (Å²) in [7, 11) is 1.99. The van der Waals surface area contributed by atoms with Crippen molar-refractivity contribution >= 4 is 33.6 Å². The number of alkyl halides is 3. The van der Waals surface area contributed by atoms with Crippen molar-refractivity contribution < 1.29 is 36.6 Å². The van der Waals surface area contributed by atoms with Crippen LogP contribution in [-0.4, -0.2) is 26.2 Å². The zero-order valence-corrected chi connectivity index (χ0v) is 19.7. The normalized spacial score (nSPS) is 16.2. The van der Waals surface area contributed by atoms with Crippen molar-refractivity contribution in [1.29, 1.82) is 5.26 Å². The molecular weight excluding hydrogens is 538 g/mol. The Bertz CT molecular complexity index is 1300. The number of esters is 2. The molecule has 1 atom stereocenters. The molecule has 2 aromatic carbocycles. The highest BCUT2D eigenvalue weighted by atomic mass is 79.9. The number of hydrogen-bond acceptors (Lipinski definition) is 7. The molecule has 0 saturated carbocycles. The van der Waals surface area contributed by atoms with E-state index in [1.807, 2.05) is 6.07 Å². The zero-order valence-electron chi connectivity index (χ0n) is 18.1. The van der Waals surface area contributed by atoms with Gasteiger partial charge in [-0.1, -0.05) is 30.3 Å². The summed E-state index contributed by atoms with van der Waals surface area (Å²) in [6.45, 7) is 0. The summed E-state index contributed by atoms with van der Waals surface area (Å²) in [6, 6.07) is 11.1. The van der Waals surface area contributed by atoms with Gasteiger partial charge in [-0.25, -0.2) is 14.0 Å². The highest BCUT2D eigenvalue weighted by Gasteiger charge is 2.44. The lowest BCUT2D eigenvalue weighted by Crippen LogP contribution is -2.41. The van der Waals surface area contributed by atoms with Crippen molar-refractivity contribution in [3.05, 3.63) is 86.5 Å². The van der Waals surface area contributed by atoms with Gasteiger partial charge in [0.2, 0.25) is 0 Å². The average molecular weight is 554 g/mol. The molecule has 1 heterocycles. The second-order valence-electron chi connectivity index (χ2n) is 7.12. The predicted molar refractivity (Wildman–Crippen MR) is 119 cm³/mol. The first kappa shape index (κ1) is 25.8. The summed E-state index contributed by atoms with van der Waals surface area (Å²) >= 11 is 2.57. The topological polar surface area (TPSA) is 106 Å². The van der Waals surface area contributed by atoms with Gasteiger partial charge in [0.1, 0.15) is 17.3 Å². The lowest BCUT2D eigenvalue weighted by atomic mass is 9.81. The minimum atomic E-state index is -4.99. The van der Waals surface area contributed by atoms with Gasteiger partial charge in [0.25, 0.3) is 0 Å². The molecule has 3 rings (SSSR count). The number of nitrogens with zero attached hydrogens (tertiary/aromatic N) is 2. The third-order valence-electron chi connectivity index (χ3n) is 5.19. The van der Waals surface area contributed by atoms with Gasteiger partial charge in [0.05, 0.1) is 53.1 Å². The summed E-state index contributed by atoms with van der Waals surface area (Å²) < 4.78 is 64.1. The van der Waals surface area contributed by atoms with Crippen LogP contribution in [0, 0.1) is 17.1 Å². The predicted octanol–water partition coefficient (Wildman–Crippen LogP) is 4.50. The molecule has 0 fully saturated rings. The number of allylic oxidation sites excluding steroid dienone is 1. The van der Waals surface area contributed by atoms with E-state index in [1.165, 1.54) is 0 Å². The lowest BCUT2D eigenvalue weighted by Gasteiger charge is -2.36. The molecule has 0 spiro atoms. The zero-order chi connectivity index (χ0) is 26.1. The van der Waals surface area contributed by atoms with E-state index in [-0.39, 0.29) is 5.57 Å². The van der Waals surface area contributed by atoms with Crippen LogP contribution >= 0.6 is 15.9 Å². The molecule has 0 aliphatic carbocycles. The van der Waals surface area contributed by atoms with Gasteiger partial charge < -0.3 is 15.2 Å². The smallest absolute Gasteiger partial charge is 0.417 e. The van der Waals surface area contributed by atoms with Crippen molar-refractivity contribution in [2.75, 3.05) is 19.1 Å². The Morgan fingerprint density at radius 2 is 1.71 bits per heavy atom. The quantitative estimate of drug-likeness (QED) is 0.438. The van der Waals surface area contributed by atoms with Crippen LogP contribution in [0.5, 0.6) is 0 Å². The number of carbonyl (C=O) groups is 2. The maximum Gasteiger partial charge on any atom is 0.417 e. The fraction of sp³-hybridized carbons (Fsp3) is 0.174. The highest BCUT2D eigenvalue weighted by Crippen LogP contribution is 2.45. The van der Waals surface area contributed by atoms with Crippen LogP contribution in [-0.2, 0) is 25.2 Å². The van der Waals surface area contributed by atoms with Crippen LogP contribution in [0.4, 0.5) is 23.2 Å². The first-order chi connectivity index (χ1) is 16.5. The molecule has 2 N–H and O–H groups in total. The van der Waals surface area contributed by atoms with Crippen LogP contribution in [0.15, 0.2) is 69.6 Å². The number of hydrogen-bond donors (Lipinski definition) is 1. The molecule has 2 aromatic rings. The van der Waals surface area contributed by atoms with E-state index in [4.69, 9.17) is 15.2 Å². The van der Waals surface area contributed by atoms with E-state index in [0.29, 0.717) is 22.6 Å². The Morgan fingerprint density at radius 1 is 1.11 bits per heavy atom. The van der Waals surface area contributed by atoms with E-state index in [0.717, 1.165) is 14.2 Å². The fourth-order valence-electron chi connectivity index (χ4n) is 3.69. The van der Waals surface area contributed by atoms with Gasteiger partial charge in [0, 0.05) is 0 Å². The molecule has 0 radical (unpaired) electrons. The number of halogens is 5. The molecule has 0 aromatic heterocycles.